The fourth-order valence-electron chi connectivity index (χ4n) is 9.62. The number of fused-ring (bicyclic) bond motifs is 2. The van der Waals surface area contributed by atoms with Crippen LogP contribution >= 0.6 is 0 Å². The van der Waals surface area contributed by atoms with Crippen LogP contribution in [-0.2, 0) is 14.3 Å². The molecule has 4 nitrogen and oxygen atoms in total. The minimum absolute atomic E-state index is 0.0789. The van der Waals surface area contributed by atoms with Crippen LogP contribution in [0.15, 0.2) is 34.9 Å². The Morgan fingerprint density at radius 1 is 1.11 bits per heavy atom. The van der Waals surface area contributed by atoms with Crippen molar-refractivity contribution in [1.29, 1.82) is 0 Å². The highest BCUT2D eigenvalue weighted by Crippen LogP contribution is 2.87. The maximum atomic E-state index is 12.1. The Balaban J connectivity index is 1.61. The number of carbonyl (C=O) groups is 2. The molecule has 0 aliphatic heterocycles. The quantitative estimate of drug-likeness (QED) is 0.219. The lowest BCUT2D eigenvalue weighted by Gasteiger charge is -2.59. The number of ether oxygens (including phenoxy) is 1. The molecule has 1 N–H and O–H groups in total. The molecule has 4 aliphatic carbocycles. The maximum absolute atomic E-state index is 12.1. The number of methoxy groups -OCH3 is 1. The molecule has 0 saturated heterocycles. The Morgan fingerprint density at radius 2 is 1.83 bits per heavy atom. The van der Waals surface area contributed by atoms with E-state index >= 15 is 0 Å². The third-order valence-electron chi connectivity index (χ3n) is 11.7. The number of aliphatic carboxylic acids is 1. The summed E-state index contributed by atoms with van der Waals surface area (Å²) in [5.41, 5.74) is 5.94. The smallest absolute Gasteiger partial charge is 0.330 e. The van der Waals surface area contributed by atoms with E-state index in [1.54, 1.807) is 12.5 Å². The summed E-state index contributed by atoms with van der Waals surface area (Å²) in [4.78, 5) is 23.3. The molecule has 0 aromatic heterocycles. The van der Waals surface area contributed by atoms with Crippen molar-refractivity contribution in [3.8, 4) is 0 Å². The molecule has 4 fully saturated rings. The molecule has 4 rings (SSSR count). The topological polar surface area (TPSA) is 63.6 Å². The second kappa shape index (κ2) is 8.92. The van der Waals surface area contributed by atoms with Crippen molar-refractivity contribution in [2.45, 2.75) is 105 Å². The monoisotopic (exact) mass is 482 g/mol. The largest absolute Gasteiger partial charge is 0.478 e. The first-order chi connectivity index (χ1) is 16.4. The van der Waals surface area contributed by atoms with E-state index in [4.69, 9.17) is 4.74 Å². The van der Waals surface area contributed by atoms with Crippen LogP contribution in [0.2, 0.25) is 0 Å². The number of carbonyl (C=O) groups excluding carboxylic acids is 1. The van der Waals surface area contributed by atoms with Gasteiger partial charge in [0, 0.05) is 12.0 Å². The molecule has 1 unspecified atom stereocenters. The van der Waals surface area contributed by atoms with Crippen LogP contribution in [0.5, 0.6) is 0 Å². The summed E-state index contributed by atoms with van der Waals surface area (Å²) in [6.07, 6.45) is 13.7. The van der Waals surface area contributed by atoms with Crippen LogP contribution in [0, 0.1) is 33.5 Å². The molecular weight excluding hydrogens is 436 g/mol. The zero-order valence-corrected chi connectivity index (χ0v) is 22.9. The summed E-state index contributed by atoms with van der Waals surface area (Å²) in [6.45, 7) is 15.7. The summed E-state index contributed by atoms with van der Waals surface area (Å²) < 4.78 is 5.04. The van der Waals surface area contributed by atoms with Gasteiger partial charge in [0.2, 0.25) is 0 Å². The van der Waals surface area contributed by atoms with Crippen molar-refractivity contribution < 1.29 is 19.4 Å². The SMILES string of the molecule is C=C(C)C1CC[C@@H]2[C@]3(CC[C@]4(C)/C(=C(\C)CC/C=C(/C)C(=O)O)CC[C@@]24C)C[C@]13CCC(=O)OC. The Hall–Kier alpha value is -1.84. The molecule has 35 heavy (non-hydrogen) atoms. The lowest BCUT2D eigenvalue weighted by molar-refractivity contribution is -0.142. The molecule has 0 aromatic carbocycles. The van der Waals surface area contributed by atoms with E-state index in [0.717, 1.165) is 19.3 Å². The van der Waals surface area contributed by atoms with E-state index in [9.17, 15) is 14.7 Å². The Bertz CT molecular complexity index is 988. The fourth-order valence-corrected chi connectivity index (χ4v) is 9.62. The molecule has 4 saturated carbocycles. The zero-order valence-electron chi connectivity index (χ0n) is 22.9. The second-order valence-corrected chi connectivity index (χ2v) is 12.8. The van der Waals surface area contributed by atoms with Gasteiger partial charge in [0.1, 0.15) is 0 Å². The minimum atomic E-state index is -0.821. The number of carboxylic acids is 1. The first-order valence-corrected chi connectivity index (χ1v) is 13.7. The Kier molecular flexibility index (Phi) is 6.69. The average molecular weight is 483 g/mol. The van der Waals surface area contributed by atoms with Crippen molar-refractivity contribution >= 4 is 11.9 Å². The van der Waals surface area contributed by atoms with Crippen LogP contribution in [0.3, 0.4) is 0 Å². The fraction of sp³-hybridized carbons (Fsp3) is 0.742. The van der Waals surface area contributed by atoms with Gasteiger partial charge in [-0.15, -0.1) is 0 Å². The van der Waals surface area contributed by atoms with Crippen LogP contribution in [-0.4, -0.2) is 24.2 Å². The van der Waals surface area contributed by atoms with Gasteiger partial charge in [-0.3, -0.25) is 4.79 Å². The standard InChI is InChI=1S/C31H46O4/c1-20(2)23-11-12-25-29(6)15-13-24(21(3)9-8-10-22(4)27(33)34)28(29,5)17-18-31(25)19-30(23,31)16-14-26(32)35-7/h10,23,25H,1,8-9,11-19H2,2-7H3,(H,33,34)/b22-10-,24-21+/t23?,25-,28+,29-,30+,31-/m0/s1. The first-order valence-electron chi connectivity index (χ1n) is 13.7. The molecule has 0 bridgehead atoms. The van der Waals surface area contributed by atoms with E-state index in [0.29, 0.717) is 29.2 Å². The zero-order chi connectivity index (χ0) is 25.8. The molecule has 4 heteroatoms. The van der Waals surface area contributed by atoms with Gasteiger partial charge >= 0.3 is 11.9 Å². The van der Waals surface area contributed by atoms with Crippen molar-refractivity contribution in [2.75, 3.05) is 7.11 Å². The normalized spacial score (nSPS) is 41.4. The Labute approximate surface area is 212 Å². The Morgan fingerprint density at radius 3 is 2.46 bits per heavy atom. The second-order valence-electron chi connectivity index (χ2n) is 12.8. The highest BCUT2D eigenvalue weighted by atomic mass is 16.5. The van der Waals surface area contributed by atoms with E-state index in [1.807, 2.05) is 6.08 Å². The predicted molar refractivity (Wildman–Crippen MR) is 140 cm³/mol. The number of esters is 1. The lowest BCUT2D eigenvalue weighted by Crippen LogP contribution is -2.52. The van der Waals surface area contributed by atoms with E-state index < -0.39 is 5.97 Å². The van der Waals surface area contributed by atoms with Gasteiger partial charge in [0.25, 0.3) is 0 Å². The predicted octanol–water partition coefficient (Wildman–Crippen LogP) is 7.65. The molecule has 0 aromatic rings. The van der Waals surface area contributed by atoms with Gasteiger partial charge < -0.3 is 9.84 Å². The summed E-state index contributed by atoms with van der Waals surface area (Å²) in [7, 11) is 1.50. The van der Waals surface area contributed by atoms with E-state index in [2.05, 4.69) is 34.3 Å². The van der Waals surface area contributed by atoms with Gasteiger partial charge in [0.05, 0.1) is 7.11 Å². The van der Waals surface area contributed by atoms with Crippen molar-refractivity contribution in [2.24, 2.45) is 33.5 Å². The van der Waals surface area contributed by atoms with Gasteiger partial charge in [-0.1, -0.05) is 43.2 Å². The molecule has 194 valence electrons. The molecule has 0 heterocycles. The number of allylic oxidation sites excluding steroid dienone is 4. The third kappa shape index (κ3) is 3.76. The van der Waals surface area contributed by atoms with Crippen LogP contribution in [0.4, 0.5) is 0 Å². The molecular formula is C31H46O4. The number of hydrogen-bond donors (Lipinski definition) is 1. The third-order valence-corrected chi connectivity index (χ3v) is 11.7. The molecule has 1 spiro atoms. The number of hydrogen-bond acceptors (Lipinski definition) is 3. The average Bonchev–Trinajstić information content (AvgIpc) is 3.40. The van der Waals surface area contributed by atoms with Crippen molar-refractivity contribution in [3.63, 3.8) is 0 Å². The maximum Gasteiger partial charge on any atom is 0.330 e. The molecule has 0 radical (unpaired) electrons. The summed E-state index contributed by atoms with van der Waals surface area (Å²) in [5, 5.41) is 9.17. The minimum Gasteiger partial charge on any atom is -0.478 e. The summed E-state index contributed by atoms with van der Waals surface area (Å²) in [6, 6.07) is 0. The van der Waals surface area contributed by atoms with Crippen LogP contribution in [0.25, 0.3) is 0 Å². The molecule has 4 aliphatic rings. The first kappa shape index (κ1) is 26.2. The van der Waals surface area contributed by atoms with Gasteiger partial charge in [-0.05, 0) is 118 Å². The molecule has 6 atom stereocenters. The van der Waals surface area contributed by atoms with Crippen LogP contribution < -0.4 is 0 Å². The van der Waals surface area contributed by atoms with Crippen molar-refractivity contribution in [1.82, 2.24) is 0 Å². The summed E-state index contributed by atoms with van der Waals surface area (Å²) >= 11 is 0. The highest BCUT2D eigenvalue weighted by Gasteiger charge is 2.79. The van der Waals surface area contributed by atoms with Crippen LogP contribution in [0.1, 0.15) is 105 Å². The van der Waals surface area contributed by atoms with E-state index in [1.165, 1.54) is 63.2 Å². The number of carboxylic acid groups (broad SMARTS) is 1. The number of rotatable bonds is 8. The van der Waals surface area contributed by atoms with Crippen molar-refractivity contribution in [3.05, 3.63) is 34.9 Å². The highest BCUT2D eigenvalue weighted by molar-refractivity contribution is 5.85. The summed E-state index contributed by atoms with van der Waals surface area (Å²) in [5.74, 6) is 0.323. The van der Waals surface area contributed by atoms with Gasteiger partial charge in [-0.25, -0.2) is 4.79 Å². The van der Waals surface area contributed by atoms with E-state index in [-0.39, 0.29) is 22.2 Å². The lowest BCUT2D eigenvalue weighted by atomic mass is 9.44. The van der Waals surface area contributed by atoms with Gasteiger partial charge in [0.15, 0.2) is 0 Å². The molecule has 0 amide bonds. The van der Waals surface area contributed by atoms with Gasteiger partial charge in [-0.2, -0.15) is 0 Å².